The summed E-state index contributed by atoms with van der Waals surface area (Å²) in [5.74, 6) is 0. The maximum atomic E-state index is 9.09. The van der Waals surface area contributed by atoms with Crippen molar-refractivity contribution in [1.29, 1.82) is 0 Å². The van der Waals surface area contributed by atoms with Crippen molar-refractivity contribution >= 4 is 11.3 Å². The SMILES string of the molecule is COCC(CCO)NC(C)c1cc2c(s1)CCCC2. The van der Waals surface area contributed by atoms with Gasteiger partial charge in [-0.2, -0.15) is 0 Å². The van der Waals surface area contributed by atoms with Crippen molar-refractivity contribution in [3.63, 3.8) is 0 Å². The summed E-state index contributed by atoms with van der Waals surface area (Å²) in [7, 11) is 1.71. The van der Waals surface area contributed by atoms with Crippen LogP contribution in [0.15, 0.2) is 6.07 Å². The van der Waals surface area contributed by atoms with Gasteiger partial charge >= 0.3 is 0 Å². The molecule has 108 valence electrons. The molecule has 0 spiro atoms. The van der Waals surface area contributed by atoms with Gasteiger partial charge in [-0.1, -0.05) is 0 Å². The highest BCUT2D eigenvalue weighted by Gasteiger charge is 2.18. The van der Waals surface area contributed by atoms with Crippen molar-refractivity contribution < 1.29 is 9.84 Å². The van der Waals surface area contributed by atoms with Gasteiger partial charge in [-0.3, -0.25) is 0 Å². The summed E-state index contributed by atoms with van der Waals surface area (Å²) >= 11 is 1.96. The lowest BCUT2D eigenvalue weighted by Gasteiger charge is -2.21. The molecular weight excluding hydrogens is 258 g/mol. The Morgan fingerprint density at radius 3 is 2.89 bits per heavy atom. The molecule has 4 heteroatoms. The molecule has 0 saturated carbocycles. The summed E-state index contributed by atoms with van der Waals surface area (Å²) in [6.07, 6.45) is 5.91. The highest BCUT2D eigenvalue weighted by molar-refractivity contribution is 7.12. The summed E-state index contributed by atoms with van der Waals surface area (Å²) in [6, 6.07) is 2.94. The molecular formula is C15H25NO2S. The predicted octanol–water partition coefficient (Wildman–Crippen LogP) is 2.67. The fourth-order valence-electron chi connectivity index (χ4n) is 2.73. The monoisotopic (exact) mass is 283 g/mol. The predicted molar refractivity (Wildman–Crippen MR) is 79.9 cm³/mol. The Morgan fingerprint density at radius 1 is 1.42 bits per heavy atom. The minimum atomic E-state index is 0.203. The second-order valence-electron chi connectivity index (χ2n) is 5.36. The Kier molecular flexibility index (Phi) is 5.82. The summed E-state index contributed by atoms with van der Waals surface area (Å²) < 4.78 is 5.20. The maximum absolute atomic E-state index is 9.09. The molecule has 1 aliphatic rings. The molecule has 0 amide bonds. The molecule has 2 unspecified atom stereocenters. The number of aliphatic hydroxyl groups is 1. The van der Waals surface area contributed by atoms with E-state index in [4.69, 9.17) is 9.84 Å². The van der Waals surface area contributed by atoms with Gasteiger partial charge in [0, 0.05) is 35.6 Å². The minimum Gasteiger partial charge on any atom is -0.396 e. The number of aliphatic hydroxyl groups excluding tert-OH is 1. The van der Waals surface area contributed by atoms with E-state index in [1.807, 2.05) is 11.3 Å². The first-order chi connectivity index (χ1) is 9.24. The Hall–Kier alpha value is -0.420. The third kappa shape index (κ3) is 4.02. The maximum Gasteiger partial charge on any atom is 0.0616 e. The molecule has 19 heavy (non-hydrogen) atoms. The van der Waals surface area contributed by atoms with Gasteiger partial charge in [0.2, 0.25) is 0 Å². The molecule has 0 aromatic carbocycles. The molecule has 1 heterocycles. The van der Waals surface area contributed by atoms with Gasteiger partial charge in [-0.25, -0.2) is 0 Å². The van der Waals surface area contributed by atoms with E-state index in [-0.39, 0.29) is 12.6 Å². The Balaban J connectivity index is 1.97. The number of hydrogen-bond donors (Lipinski definition) is 2. The van der Waals surface area contributed by atoms with Crippen LogP contribution in [0, 0.1) is 0 Å². The summed E-state index contributed by atoms with van der Waals surface area (Å²) in [5, 5.41) is 12.7. The van der Waals surface area contributed by atoms with E-state index in [9.17, 15) is 0 Å². The number of nitrogens with one attached hydrogen (secondary N) is 1. The Morgan fingerprint density at radius 2 is 2.21 bits per heavy atom. The second kappa shape index (κ2) is 7.39. The van der Waals surface area contributed by atoms with Crippen LogP contribution >= 0.6 is 11.3 Å². The Labute approximate surface area is 120 Å². The lowest BCUT2D eigenvalue weighted by Crippen LogP contribution is -2.35. The number of methoxy groups -OCH3 is 1. The van der Waals surface area contributed by atoms with Crippen molar-refractivity contribution in [3.8, 4) is 0 Å². The van der Waals surface area contributed by atoms with Gasteiger partial charge in [-0.05, 0) is 50.7 Å². The third-order valence-corrected chi connectivity index (χ3v) is 5.19. The van der Waals surface area contributed by atoms with E-state index in [2.05, 4.69) is 18.3 Å². The van der Waals surface area contributed by atoms with Gasteiger partial charge < -0.3 is 15.2 Å². The van der Waals surface area contributed by atoms with E-state index in [1.54, 1.807) is 17.6 Å². The molecule has 0 radical (unpaired) electrons. The smallest absolute Gasteiger partial charge is 0.0616 e. The highest BCUT2D eigenvalue weighted by Crippen LogP contribution is 2.32. The van der Waals surface area contributed by atoms with Gasteiger partial charge in [0.25, 0.3) is 0 Å². The normalized spacial score (nSPS) is 18.1. The molecule has 2 rings (SSSR count). The summed E-state index contributed by atoms with van der Waals surface area (Å²) in [5.41, 5.74) is 1.56. The zero-order chi connectivity index (χ0) is 13.7. The average Bonchev–Trinajstić information content (AvgIpc) is 2.83. The van der Waals surface area contributed by atoms with Crippen molar-refractivity contribution in [2.45, 2.75) is 51.1 Å². The standard InChI is InChI=1S/C15H25NO2S/c1-11(16-13(7-8-17)10-18-2)15-9-12-5-3-4-6-14(12)19-15/h9,11,13,16-17H,3-8,10H2,1-2H3. The molecule has 0 bridgehead atoms. The van der Waals surface area contributed by atoms with E-state index < -0.39 is 0 Å². The number of rotatable bonds is 7. The van der Waals surface area contributed by atoms with Gasteiger partial charge in [0.05, 0.1) is 6.61 Å². The zero-order valence-corrected chi connectivity index (χ0v) is 12.8. The highest BCUT2D eigenvalue weighted by atomic mass is 32.1. The van der Waals surface area contributed by atoms with Crippen molar-refractivity contribution in [2.24, 2.45) is 0 Å². The van der Waals surface area contributed by atoms with Crippen LogP contribution in [0.5, 0.6) is 0 Å². The molecule has 0 saturated heterocycles. The van der Waals surface area contributed by atoms with E-state index in [0.29, 0.717) is 12.6 Å². The van der Waals surface area contributed by atoms with E-state index in [0.717, 1.165) is 6.42 Å². The molecule has 1 aromatic rings. The van der Waals surface area contributed by atoms with Crippen molar-refractivity contribution in [3.05, 3.63) is 21.4 Å². The van der Waals surface area contributed by atoms with Crippen LogP contribution < -0.4 is 5.32 Å². The molecule has 2 N–H and O–H groups in total. The first kappa shape index (κ1) is 15.0. The lowest BCUT2D eigenvalue weighted by atomic mass is 9.99. The topological polar surface area (TPSA) is 41.5 Å². The van der Waals surface area contributed by atoms with Crippen LogP contribution in [0.3, 0.4) is 0 Å². The van der Waals surface area contributed by atoms with Crippen LogP contribution in [0.25, 0.3) is 0 Å². The molecule has 0 aliphatic heterocycles. The second-order valence-corrected chi connectivity index (χ2v) is 6.53. The van der Waals surface area contributed by atoms with E-state index >= 15 is 0 Å². The summed E-state index contributed by atoms with van der Waals surface area (Å²) in [4.78, 5) is 3.01. The fourth-order valence-corrected chi connectivity index (χ4v) is 4.00. The average molecular weight is 283 g/mol. The molecule has 0 fully saturated rings. The van der Waals surface area contributed by atoms with Crippen LogP contribution in [0.1, 0.15) is 47.5 Å². The van der Waals surface area contributed by atoms with Crippen LogP contribution in [0.4, 0.5) is 0 Å². The van der Waals surface area contributed by atoms with Gasteiger partial charge in [0.1, 0.15) is 0 Å². The Bertz CT molecular complexity index is 362. The zero-order valence-electron chi connectivity index (χ0n) is 11.9. The van der Waals surface area contributed by atoms with E-state index in [1.165, 1.54) is 30.6 Å². The number of aryl methyl sites for hydroxylation is 2. The number of hydrogen-bond acceptors (Lipinski definition) is 4. The molecule has 1 aliphatic carbocycles. The lowest BCUT2D eigenvalue weighted by molar-refractivity contribution is 0.144. The van der Waals surface area contributed by atoms with Crippen molar-refractivity contribution in [2.75, 3.05) is 20.3 Å². The van der Waals surface area contributed by atoms with Crippen molar-refractivity contribution in [1.82, 2.24) is 5.32 Å². The third-order valence-electron chi connectivity index (χ3n) is 3.77. The first-order valence-corrected chi connectivity index (χ1v) is 8.03. The minimum absolute atomic E-state index is 0.203. The first-order valence-electron chi connectivity index (χ1n) is 7.22. The van der Waals surface area contributed by atoms with Crippen LogP contribution in [0.2, 0.25) is 0 Å². The van der Waals surface area contributed by atoms with Gasteiger partial charge in [-0.15, -0.1) is 11.3 Å². The van der Waals surface area contributed by atoms with Crippen LogP contribution in [-0.2, 0) is 17.6 Å². The summed E-state index contributed by atoms with van der Waals surface area (Å²) in [6.45, 7) is 3.06. The largest absolute Gasteiger partial charge is 0.396 e. The molecule has 3 nitrogen and oxygen atoms in total. The number of ether oxygens (including phenoxy) is 1. The molecule has 2 atom stereocenters. The molecule has 1 aromatic heterocycles. The fraction of sp³-hybridized carbons (Fsp3) is 0.733. The number of thiophene rings is 1. The quantitative estimate of drug-likeness (QED) is 0.808. The van der Waals surface area contributed by atoms with Crippen LogP contribution in [-0.4, -0.2) is 31.5 Å². The van der Waals surface area contributed by atoms with Gasteiger partial charge in [0.15, 0.2) is 0 Å². The number of fused-ring (bicyclic) bond motifs is 1.